The first kappa shape index (κ1) is 7.99. The molecule has 0 saturated carbocycles. The summed E-state index contributed by atoms with van der Waals surface area (Å²) in [7, 11) is 0. The summed E-state index contributed by atoms with van der Waals surface area (Å²) in [6.45, 7) is 6.01. The van der Waals surface area contributed by atoms with Gasteiger partial charge in [0.05, 0.1) is 0 Å². The van der Waals surface area contributed by atoms with Gasteiger partial charge in [0.25, 0.3) is 0 Å². The molecule has 1 nitrogen and oxygen atoms in total. The van der Waals surface area contributed by atoms with E-state index in [1.807, 2.05) is 13.8 Å². The average Bonchev–Trinajstić information content (AvgIpc) is 1.82. The highest BCUT2D eigenvalue weighted by Gasteiger charge is 2.30. The Kier molecular flexibility index (Phi) is 2.29. The van der Waals surface area contributed by atoms with Crippen molar-refractivity contribution in [1.29, 1.82) is 0 Å². The van der Waals surface area contributed by atoms with E-state index in [9.17, 15) is 4.39 Å². The summed E-state index contributed by atoms with van der Waals surface area (Å²) >= 11 is 0. The Labute approximate surface area is 62.0 Å². The number of rotatable bonds is 0. The molecule has 0 bridgehead atoms. The number of hydrogen-bond acceptors (Lipinski definition) is 1. The second-order valence-corrected chi connectivity index (χ2v) is 3.51. The molecule has 1 aliphatic rings. The first-order chi connectivity index (χ1) is 4.61. The van der Waals surface area contributed by atoms with Gasteiger partial charge in [0.1, 0.15) is 6.17 Å². The van der Waals surface area contributed by atoms with Crippen LogP contribution in [-0.4, -0.2) is 18.3 Å². The van der Waals surface area contributed by atoms with Crippen LogP contribution in [0.2, 0.25) is 0 Å². The van der Waals surface area contributed by atoms with Gasteiger partial charge in [-0.3, -0.25) is 0 Å². The third kappa shape index (κ3) is 1.48. The second kappa shape index (κ2) is 2.87. The van der Waals surface area contributed by atoms with Crippen LogP contribution in [-0.2, 0) is 0 Å². The first-order valence-electron chi connectivity index (χ1n) is 4.01. The van der Waals surface area contributed by atoms with E-state index in [0.717, 1.165) is 6.42 Å². The van der Waals surface area contributed by atoms with Crippen LogP contribution in [0, 0.1) is 5.92 Å². The van der Waals surface area contributed by atoms with Gasteiger partial charge in [-0.05, 0) is 26.2 Å². The number of halogens is 1. The van der Waals surface area contributed by atoms with Crippen molar-refractivity contribution < 1.29 is 4.39 Å². The van der Waals surface area contributed by atoms with Crippen molar-refractivity contribution in [3.63, 3.8) is 0 Å². The maximum Gasteiger partial charge on any atom is 0.118 e. The molecule has 60 valence electrons. The van der Waals surface area contributed by atoms with Crippen molar-refractivity contribution in [2.24, 2.45) is 5.92 Å². The Balaban J connectivity index is 2.49. The zero-order valence-corrected chi connectivity index (χ0v) is 6.89. The first-order valence-corrected chi connectivity index (χ1v) is 4.01. The fourth-order valence-corrected chi connectivity index (χ4v) is 1.79. The summed E-state index contributed by atoms with van der Waals surface area (Å²) in [6, 6.07) is 0.524. The number of piperidine rings is 1. The number of nitrogens with one attached hydrogen (secondary N) is 1. The molecule has 0 aromatic heterocycles. The van der Waals surface area contributed by atoms with Gasteiger partial charge in [0, 0.05) is 12.1 Å². The third-order valence-corrected chi connectivity index (χ3v) is 2.29. The van der Waals surface area contributed by atoms with Gasteiger partial charge < -0.3 is 5.32 Å². The average molecular weight is 145 g/mol. The molecule has 0 aromatic rings. The molecule has 0 amide bonds. The van der Waals surface area contributed by atoms with Crippen molar-refractivity contribution in [2.45, 2.75) is 45.4 Å². The van der Waals surface area contributed by atoms with E-state index in [2.05, 4.69) is 12.2 Å². The Hall–Kier alpha value is -0.110. The SMILES string of the molecule is CC1CC(C)C(F)C(C)N1. The fraction of sp³-hybridized carbons (Fsp3) is 1.00. The van der Waals surface area contributed by atoms with Crippen molar-refractivity contribution in [3.8, 4) is 0 Å². The van der Waals surface area contributed by atoms with Crippen LogP contribution in [0.4, 0.5) is 4.39 Å². The minimum absolute atomic E-state index is 0.0405. The standard InChI is InChI=1S/C8H16FN/c1-5-4-6(2)10-7(3)8(5)9/h5-8,10H,4H2,1-3H3. The van der Waals surface area contributed by atoms with Crippen molar-refractivity contribution >= 4 is 0 Å². The Morgan fingerprint density at radius 1 is 1.30 bits per heavy atom. The zero-order valence-electron chi connectivity index (χ0n) is 6.89. The fourth-order valence-electron chi connectivity index (χ4n) is 1.79. The van der Waals surface area contributed by atoms with E-state index < -0.39 is 6.17 Å². The highest BCUT2D eigenvalue weighted by Crippen LogP contribution is 2.22. The van der Waals surface area contributed by atoms with E-state index in [4.69, 9.17) is 0 Å². The smallest absolute Gasteiger partial charge is 0.118 e. The topological polar surface area (TPSA) is 12.0 Å². The molecule has 1 fully saturated rings. The van der Waals surface area contributed by atoms with E-state index in [1.54, 1.807) is 0 Å². The minimum atomic E-state index is -0.656. The van der Waals surface area contributed by atoms with Crippen LogP contribution >= 0.6 is 0 Å². The number of hydrogen-bond donors (Lipinski definition) is 1. The van der Waals surface area contributed by atoms with E-state index >= 15 is 0 Å². The molecule has 4 unspecified atom stereocenters. The Morgan fingerprint density at radius 2 is 1.90 bits per heavy atom. The highest BCUT2D eigenvalue weighted by molar-refractivity contribution is 4.86. The van der Waals surface area contributed by atoms with E-state index in [-0.39, 0.29) is 12.0 Å². The quantitative estimate of drug-likeness (QED) is 0.547. The molecule has 0 radical (unpaired) electrons. The van der Waals surface area contributed by atoms with E-state index in [1.165, 1.54) is 0 Å². The normalized spacial score (nSPS) is 49.2. The summed E-state index contributed by atoms with van der Waals surface area (Å²) in [5, 5.41) is 3.18. The monoisotopic (exact) mass is 145 g/mol. The van der Waals surface area contributed by atoms with Crippen molar-refractivity contribution in [1.82, 2.24) is 5.32 Å². The third-order valence-electron chi connectivity index (χ3n) is 2.29. The van der Waals surface area contributed by atoms with Gasteiger partial charge in [0.2, 0.25) is 0 Å². The van der Waals surface area contributed by atoms with Crippen LogP contribution < -0.4 is 5.32 Å². The van der Waals surface area contributed by atoms with Crippen molar-refractivity contribution in [2.75, 3.05) is 0 Å². The molecule has 1 aliphatic heterocycles. The molecule has 0 aromatic carbocycles. The molecule has 1 saturated heterocycles. The summed E-state index contributed by atoms with van der Waals surface area (Å²) in [4.78, 5) is 0. The lowest BCUT2D eigenvalue weighted by Crippen LogP contribution is -2.49. The zero-order chi connectivity index (χ0) is 7.72. The summed E-state index contributed by atoms with van der Waals surface area (Å²) in [6.07, 6.45) is 0.308. The minimum Gasteiger partial charge on any atom is -0.309 e. The molecule has 1 N–H and O–H groups in total. The van der Waals surface area contributed by atoms with Crippen LogP contribution in [0.15, 0.2) is 0 Å². The lowest BCUT2D eigenvalue weighted by molar-refractivity contribution is 0.125. The summed E-state index contributed by atoms with van der Waals surface area (Å²) < 4.78 is 13.1. The van der Waals surface area contributed by atoms with Gasteiger partial charge in [0.15, 0.2) is 0 Å². The molecular formula is C8H16FN. The molecule has 2 heteroatoms. The lowest BCUT2D eigenvalue weighted by Gasteiger charge is -2.34. The summed E-state index contributed by atoms with van der Waals surface area (Å²) in [5.74, 6) is 0.228. The van der Waals surface area contributed by atoms with Gasteiger partial charge in [-0.2, -0.15) is 0 Å². The maximum absolute atomic E-state index is 13.1. The molecule has 0 aliphatic carbocycles. The largest absolute Gasteiger partial charge is 0.309 e. The molecule has 10 heavy (non-hydrogen) atoms. The van der Waals surface area contributed by atoms with Crippen molar-refractivity contribution in [3.05, 3.63) is 0 Å². The molecule has 4 atom stereocenters. The van der Waals surface area contributed by atoms with Crippen LogP contribution in [0.25, 0.3) is 0 Å². The maximum atomic E-state index is 13.1. The number of alkyl halides is 1. The Bertz CT molecular complexity index is 104. The Morgan fingerprint density at radius 3 is 2.40 bits per heavy atom. The van der Waals surface area contributed by atoms with Gasteiger partial charge in [-0.25, -0.2) is 4.39 Å². The summed E-state index contributed by atoms with van der Waals surface area (Å²) in [5.41, 5.74) is 0. The van der Waals surface area contributed by atoms with Gasteiger partial charge in [-0.15, -0.1) is 0 Å². The van der Waals surface area contributed by atoms with Crippen LogP contribution in [0.3, 0.4) is 0 Å². The van der Waals surface area contributed by atoms with Crippen LogP contribution in [0.5, 0.6) is 0 Å². The predicted molar refractivity (Wildman–Crippen MR) is 40.7 cm³/mol. The van der Waals surface area contributed by atoms with Crippen LogP contribution in [0.1, 0.15) is 27.2 Å². The molecule has 0 spiro atoms. The lowest BCUT2D eigenvalue weighted by atomic mass is 9.89. The second-order valence-electron chi connectivity index (χ2n) is 3.51. The molecule has 1 rings (SSSR count). The van der Waals surface area contributed by atoms with Gasteiger partial charge in [-0.1, -0.05) is 6.92 Å². The molecular weight excluding hydrogens is 129 g/mol. The van der Waals surface area contributed by atoms with Gasteiger partial charge >= 0.3 is 0 Å². The predicted octanol–water partition coefficient (Wildman–Crippen LogP) is 1.73. The van der Waals surface area contributed by atoms with E-state index in [0.29, 0.717) is 6.04 Å². The molecule has 1 heterocycles. The highest BCUT2D eigenvalue weighted by atomic mass is 19.1.